The monoisotopic (exact) mass is 330 g/mol. The summed E-state index contributed by atoms with van der Waals surface area (Å²) in [5.41, 5.74) is 1.08. The zero-order chi connectivity index (χ0) is 16.9. The number of pyridine rings is 2. The summed E-state index contributed by atoms with van der Waals surface area (Å²) in [6, 6.07) is 10.3. The minimum atomic E-state index is -2.62. The fourth-order valence-corrected chi connectivity index (χ4v) is 2.52. The van der Waals surface area contributed by atoms with Gasteiger partial charge < -0.3 is 9.88 Å². The van der Waals surface area contributed by atoms with Gasteiger partial charge in [-0.15, -0.1) is 0 Å². The van der Waals surface area contributed by atoms with E-state index < -0.39 is 6.43 Å². The summed E-state index contributed by atoms with van der Waals surface area (Å²) >= 11 is 0. The molecule has 1 N–H and O–H groups in total. The molecule has 0 spiro atoms. The van der Waals surface area contributed by atoms with E-state index in [1.807, 2.05) is 6.07 Å². The van der Waals surface area contributed by atoms with Gasteiger partial charge in [0.1, 0.15) is 5.65 Å². The van der Waals surface area contributed by atoms with Crippen molar-refractivity contribution in [2.75, 3.05) is 0 Å². The lowest BCUT2D eigenvalue weighted by Crippen LogP contribution is -2.24. The second kappa shape index (κ2) is 7.16. The SMILES string of the molecule is O=C(CCn1c(C(F)F)cc2cccnc21)NCc1ccccn1. The molecule has 0 atom stereocenters. The normalized spacial score (nSPS) is 11.1. The Balaban J connectivity index is 1.66. The van der Waals surface area contributed by atoms with E-state index in [0.29, 0.717) is 17.6 Å². The van der Waals surface area contributed by atoms with Crippen LogP contribution in [0.2, 0.25) is 0 Å². The molecule has 0 saturated heterocycles. The average molecular weight is 330 g/mol. The van der Waals surface area contributed by atoms with E-state index in [-0.39, 0.29) is 24.6 Å². The molecule has 0 aromatic carbocycles. The standard InChI is InChI=1S/C17H16F2N4O/c18-16(19)14-10-12-4-3-8-21-17(12)23(14)9-6-15(24)22-11-13-5-1-2-7-20-13/h1-5,7-8,10,16H,6,9,11H2,(H,22,24). The van der Waals surface area contributed by atoms with Crippen LogP contribution in [0, 0.1) is 0 Å². The van der Waals surface area contributed by atoms with Crippen LogP contribution in [0.25, 0.3) is 11.0 Å². The molecule has 3 aromatic heterocycles. The Bertz CT molecular complexity index is 833. The van der Waals surface area contributed by atoms with E-state index in [1.54, 1.807) is 36.7 Å². The second-order valence-electron chi connectivity index (χ2n) is 5.29. The van der Waals surface area contributed by atoms with Crippen molar-refractivity contribution in [2.45, 2.75) is 25.9 Å². The van der Waals surface area contributed by atoms with E-state index in [0.717, 1.165) is 5.69 Å². The maximum absolute atomic E-state index is 13.2. The Morgan fingerprint density at radius 2 is 2.00 bits per heavy atom. The van der Waals surface area contributed by atoms with Gasteiger partial charge in [0.15, 0.2) is 0 Å². The third kappa shape index (κ3) is 3.56. The number of amides is 1. The van der Waals surface area contributed by atoms with Crippen molar-refractivity contribution >= 4 is 16.9 Å². The number of hydrogen-bond donors (Lipinski definition) is 1. The Kier molecular flexibility index (Phi) is 4.79. The largest absolute Gasteiger partial charge is 0.350 e. The molecule has 3 rings (SSSR count). The van der Waals surface area contributed by atoms with Crippen molar-refractivity contribution in [1.29, 1.82) is 0 Å². The molecule has 7 heteroatoms. The highest BCUT2D eigenvalue weighted by atomic mass is 19.3. The number of nitrogens with zero attached hydrogens (tertiary/aromatic N) is 3. The number of carbonyl (C=O) groups excluding carboxylic acids is 1. The molecule has 3 aromatic rings. The van der Waals surface area contributed by atoms with Crippen LogP contribution in [-0.4, -0.2) is 20.4 Å². The highest BCUT2D eigenvalue weighted by Gasteiger charge is 2.18. The van der Waals surface area contributed by atoms with E-state index in [2.05, 4.69) is 15.3 Å². The molecule has 24 heavy (non-hydrogen) atoms. The molecule has 0 aliphatic carbocycles. The predicted molar refractivity (Wildman–Crippen MR) is 85.4 cm³/mol. The molecule has 0 unspecified atom stereocenters. The van der Waals surface area contributed by atoms with Gasteiger partial charge in [0.05, 0.1) is 17.9 Å². The van der Waals surface area contributed by atoms with Gasteiger partial charge >= 0.3 is 0 Å². The highest BCUT2D eigenvalue weighted by Crippen LogP contribution is 2.26. The van der Waals surface area contributed by atoms with Gasteiger partial charge in [0.2, 0.25) is 5.91 Å². The van der Waals surface area contributed by atoms with Crippen LogP contribution >= 0.6 is 0 Å². The van der Waals surface area contributed by atoms with Gasteiger partial charge in [-0.05, 0) is 30.3 Å². The Morgan fingerprint density at radius 1 is 1.17 bits per heavy atom. The first kappa shape index (κ1) is 16.0. The highest BCUT2D eigenvalue weighted by molar-refractivity contribution is 5.78. The number of aryl methyl sites for hydroxylation is 1. The number of rotatable bonds is 6. The fraction of sp³-hybridized carbons (Fsp3) is 0.235. The second-order valence-corrected chi connectivity index (χ2v) is 5.29. The summed E-state index contributed by atoms with van der Waals surface area (Å²) in [7, 11) is 0. The van der Waals surface area contributed by atoms with E-state index >= 15 is 0 Å². The van der Waals surface area contributed by atoms with Gasteiger partial charge in [0, 0.05) is 30.7 Å². The van der Waals surface area contributed by atoms with E-state index in [1.165, 1.54) is 10.6 Å². The maximum Gasteiger partial charge on any atom is 0.278 e. The molecule has 124 valence electrons. The Labute approximate surface area is 137 Å². The van der Waals surface area contributed by atoms with E-state index in [4.69, 9.17) is 0 Å². The summed E-state index contributed by atoms with van der Waals surface area (Å²) in [4.78, 5) is 20.2. The molecule has 1 amide bonds. The van der Waals surface area contributed by atoms with Gasteiger partial charge in [0.25, 0.3) is 6.43 Å². The number of nitrogens with one attached hydrogen (secondary N) is 1. The number of aromatic nitrogens is 3. The van der Waals surface area contributed by atoms with Crippen LogP contribution in [0.5, 0.6) is 0 Å². The van der Waals surface area contributed by atoms with Gasteiger partial charge in [-0.25, -0.2) is 13.8 Å². The zero-order valence-electron chi connectivity index (χ0n) is 12.8. The quantitative estimate of drug-likeness (QED) is 0.755. The zero-order valence-corrected chi connectivity index (χ0v) is 12.8. The molecule has 0 aliphatic rings. The first-order chi connectivity index (χ1) is 11.6. The van der Waals surface area contributed by atoms with Crippen LogP contribution in [0.1, 0.15) is 24.2 Å². The van der Waals surface area contributed by atoms with Crippen LogP contribution in [-0.2, 0) is 17.9 Å². The average Bonchev–Trinajstić information content (AvgIpc) is 2.98. The van der Waals surface area contributed by atoms with Gasteiger partial charge in [-0.2, -0.15) is 0 Å². The lowest BCUT2D eigenvalue weighted by Gasteiger charge is -2.10. The van der Waals surface area contributed by atoms with Crippen LogP contribution in [0.3, 0.4) is 0 Å². The minimum absolute atomic E-state index is 0.0902. The molecule has 0 saturated carbocycles. The molecular formula is C17H16F2N4O. The fourth-order valence-electron chi connectivity index (χ4n) is 2.52. The molecule has 0 bridgehead atoms. The predicted octanol–water partition coefficient (Wildman–Crippen LogP) is 3.08. The molecule has 0 radical (unpaired) electrons. The van der Waals surface area contributed by atoms with Gasteiger partial charge in [-0.1, -0.05) is 6.07 Å². The summed E-state index contributed by atoms with van der Waals surface area (Å²) in [6.45, 7) is 0.459. The Morgan fingerprint density at radius 3 is 2.75 bits per heavy atom. The first-order valence-corrected chi connectivity index (χ1v) is 7.54. The summed E-state index contributed by atoms with van der Waals surface area (Å²) in [5.74, 6) is -0.223. The maximum atomic E-state index is 13.2. The number of halogens is 2. The third-order valence-electron chi connectivity index (χ3n) is 3.67. The smallest absolute Gasteiger partial charge is 0.278 e. The summed E-state index contributed by atoms with van der Waals surface area (Å²) in [6.07, 6.45) is 0.673. The van der Waals surface area contributed by atoms with Gasteiger partial charge in [-0.3, -0.25) is 9.78 Å². The molecule has 0 aliphatic heterocycles. The van der Waals surface area contributed by atoms with Crippen molar-refractivity contribution in [2.24, 2.45) is 0 Å². The molecule has 5 nitrogen and oxygen atoms in total. The molecule has 0 fully saturated rings. The third-order valence-corrected chi connectivity index (χ3v) is 3.67. The number of hydrogen-bond acceptors (Lipinski definition) is 3. The topological polar surface area (TPSA) is 59.8 Å². The number of alkyl halides is 2. The van der Waals surface area contributed by atoms with Crippen molar-refractivity contribution in [3.63, 3.8) is 0 Å². The first-order valence-electron chi connectivity index (χ1n) is 7.54. The van der Waals surface area contributed by atoms with Crippen molar-refractivity contribution in [3.8, 4) is 0 Å². The minimum Gasteiger partial charge on any atom is -0.350 e. The van der Waals surface area contributed by atoms with Crippen LogP contribution < -0.4 is 5.32 Å². The molecular weight excluding hydrogens is 314 g/mol. The Hall–Kier alpha value is -2.83. The van der Waals surface area contributed by atoms with E-state index in [9.17, 15) is 13.6 Å². The molecule has 3 heterocycles. The van der Waals surface area contributed by atoms with Crippen LogP contribution in [0.4, 0.5) is 8.78 Å². The summed E-state index contributed by atoms with van der Waals surface area (Å²) < 4.78 is 27.8. The number of fused-ring (bicyclic) bond motifs is 1. The van der Waals surface area contributed by atoms with Crippen molar-refractivity contribution in [1.82, 2.24) is 19.9 Å². The summed E-state index contributed by atoms with van der Waals surface area (Å²) in [5, 5.41) is 3.38. The number of carbonyl (C=O) groups is 1. The van der Waals surface area contributed by atoms with Crippen molar-refractivity contribution < 1.29 is 13.6 Å². The lowest BCUT2D eigenvalue weighted by atomic mass is 10.3. The van der Waals surface area contributed by atoms with Crippen molar-refractivity contribution in [3.05, 3.63) is 60.2 Å². The lowest BCUT2D eigenvalue weighted by molar-refractivity contribution is -0.121. The van der Waals surface area contributed by atoms with Crippen LogP contribution in [0.15, 0.2) is 48.8 Å².